The lowest BCUT2D eigenvalue weighted by Gasteiger charge is -2.32. The van der Waals surface area contributed by atoms with Gasteiger partial charge in [-0.1, -0.05) is 15.9 Å². The molecule has 1 atom stereocenters. The molecule has 2 fully saturated rings. The van der Waals surface area contributed by atoms with Gasteiger partial charge in [0.1, 0.15) is 5.82 Å². The highest BCUT2D eigenvalue weighted by Gasteiger charge is 2.32. The normalized spacial score (nSPS) is 23.5. The molecule has 0 N–H and O–H groups in total. The molecule has 3 rings (SSSR count). The Morgan fingerprint density at radius 1 is 1.29 bits per heavy atom. The van der Waals surface area contributed by atoms with Crippen molar-refractivity contribution >= 4 is 21.8 Å². The molecule has 1 amide bonds. The van der Waals surface area contributed by atoms with Crippen molar-refractivity contribution in [2.24, 2.45) is 0 Å². The molecule has 1 aromatic carbocycles. The van der Waals surface area contributed by atoms with Gasteiger partial charge in [0.2, 0.25) is 0 Å². The summed E-state index contributed by atoms with van der Waals surface area (Å²) in [4.78, 5) is 16.6. The Labute approximate surface area is 132 Å². The van der Waals surface area contributed by atoms with E-state index >= 15 is 0 Å². The van der Waals surface area contributed by atoms with Gasteiger partial charge in [0.15, 0.2) is 0 Å². The zero-order valence-corrected chi connectivity index (χ0v) is 13.3. The third kappa shape index (κ3) is 3.27. The summed E-state index contributed by atoms with van der Waals surface area (Å²) in [5.74, 6) is -0.678. The van der Waals surface area contributed by atoms with Crippen LogP contribution in [0.25, 0.3) is 0 Å². The summed E-state index contributed by atoms with van der Waals surface area (Å²) in [5, 5.41) is 0. The van der Waals surface area contributed by atoms with Crippen LogP contribution in [-0.4, -0.2) is 61.1 Å². The quantitative estimate of drug-likeness (QED) is 0.813. The third-order valence-corrected chi connectivity index (χ3v) is 4.66. The van der Waals surface area contributed by atoms with Crippen LogP contribution in [0.5, 0.6) is 0 Å². The van der Waals surface area contributed by atoms with Crippen LogP contribution in [0.15, 0.2) is 22.7 Å². The second-order valence-electron chi connectivity index (χ2n) is 5.47. The van der Waals surface area contributed by atoms with Crippen molar-refractivity contribution in [1.29, 1.82) is 0 Å². The van der Waals surface area contributed by atoms with Crippen LogP contribution < -0.4 is 0 Å². The molecule has 21 heavy (non-hydrogen) atoms. The minimum atomic E-state index is -0.460. The summed E-state index contributed by atoms with van der Waals surface area (Å²) >= 11 is 3.29. The molecule has 2 aliphatic heterocycles. The van der Waals surface area contributed by atoms with Gasteiger partial charge in [-0.25, -0.2) is 4.39 Å². The van der Waals surface area contributed by atoms with E-state index in [1.54, 1.807) is 17.0 Å². The van der Waals surface area contributed by atoms with Crippen LogP contribution in [0.4, 0.5) is 4.39 Å². The monoisotopic (exact) mass is 356 g/mol. The summed E-state index contributed by atoms with van der Waals surface area (Å²) in [5.41, 5.74) is 0.145. The number of hydrogen-bond donors (Lipinski definition) is 0. The Bertz CT molecular complexity index is 534. The first-order chi connectivity index (χ1) is 10.1. The summed E-state index contributed by atoms with van der Waals surface area (Å²) < 4.78 is 19.9. The summed E-state index contributed by atoms with van der Waals surface area (Å²) in [6.07, 6.45) is 0.946. The number of carbonyl (C=O) groups excluding carboxylic acids is 1. The Balaban J connectivity index is 1.67. The number of hydrogen-bond acceptors (Lipinski definition) is 3. The summed E-state index contributed by atoms with van der Waals surface area (Å²) in [6.45, 7) is 4.70. The fourth-order valence-corrected chi connectivity index (χ4v) is 3.36. The fourth-order valence-electron chi connectivity index (χ4n) is 3.00. The standard InChI is InChI=1S/C15H18BrFN2O2/c16-11-1-2-14(17)13(9-11)15(20)19-4-3-12(10-19)18-5-7-21-8-6-18/h1-2,9,12H,3-8,10H2. The average Bonchev–Trinajstić information content (AvgIpc) is 3.00. The maximum absolute atomic E-state index is 13.8. The van der Waals surface area contributed by atoms with E-state index in [4.69, 9.17) is 4.74 Å². The van der Waals surface area contributed by atoms with Gasteiger partial charge in [-0.05, 0) is 24.6 Å². The molecular formula is C15H18BrFN2O2. The Morgan fingerprint density at radius 2 is 2.05 bits per heavy atom. The average molecular weight is 357 g/mol. The van der Waals surface area contributed by atoms with E-state index in [1.165, 1.54) is 6.07 Å². The smallest absolute Gasteiger partial charge is 0.256 e. The number of benzene rings is 1. The number of halogens is 2. The number of likely N-dealkylation sites (tertiary alicyclic amines) is 1. The van der Waals surface area contributed by atoms with Gasteiger partial charge in [0, 0.05) is 36.7 Å². The van der Waals surface area contributed by atoms with E-state index in [2.05, 4.69) is 20.8 Å². The molecule has 2 saturated heterocycles. The van der Waals surface area contributed by atoms with Gasteiger partial charge in [0.05, 0.1) is 18.8 Å². The Hall–Kier alpha value is -0.980. The zero-order valence-electron chi connectivity index (χ0n) is 11.7. The maximum atomic E-state index is 13.8. The van der Waals surface area contributed by atoms with Crippen LogP contribution in [0.3, 0.4) is 0 Å². The van der Waals surface area contributed by atoms with Gasteiger partial charge >= 0.3 is 0 Å². The van der Waals surface area contributed by atoms with Crippen molar-refractivity contribution in [2.45, 2.75) is 12.5 Å². The molecule has 2 aliphatic rings. The number of amides is 1. The minimum Gasteiger partial charge on any atom is -0.379 e. The van der Waals surface area contributed by atoms with Crippen molar-refractivity contribution < 1.29 is 13.9 Å². The molecule has 4 nitrogen and oxygen atoms in total. The summed E-state index contributed by atoms with van der Waals surface area (Å²) in [6, 6.07) is 4.85. The van der Waals surface area contributed by atoms with Gasteiger partial charge in [-0.2, -0.15) is 0 Å². The molecule has 0 bridgehead atoms. The molecule has 0 radical (unpaired) electrons. The van der Waals surface area contributed by atoms with E-state index < -0.39 is 5.82 Å². The first-order valence-corrected chi connectivity index (χ1v) is 8.00. The first kappa shape index (κ1) is 14.9. The second kappa shape index (κ2) is 6.42. The highest BCUT2D eigenvalue weighted by Crippen LogP contribution is 2.22. The topological polar surface area (TPSA) is 32.8 Å². The largest absolute Gasteiger partial charge is 0.379 e. The Morgan fingerprint density at radius 3 is 2.81 bits per heavy atom. The lowest BCUT2D eigenvalue weighted by atomic mass is 10.2. The van der Waals surface area contributed by atoms with Gasteiger partial charge in [-0.3, -0.25) is 9.69 Å². The molecule has 1 aromatic rings. The number of ether oxygens (including phenoxy) is 1. The first-order valence-electron chi connectivity index (χ1n) is 7.21. The highest BCUT2D eigenvalue weighted by molar-refractivity contribution is 9.10. The lowest BCUT2D eigenvalue weighted by Crippen LogP contribution is -2.45. The lowest BCUT2D eigenvalue weighted by molar-refractivity contribution is 0.0185. The van der Waals surface area contributed by atoms with Crippen LogP contribution >= 0.6 is 15.9 Å². The molecule has 0 saturated carbocycles. The molecule has 6 heteroatoms. The van der Waals surface area contributed by atoms with Crippen LogP contribution in [-0.2, 0) is 4.74 Å². The molecule has 0 spiro atoms. The van der Waals surface area contributed by atoms with E-state index in [9.17, 15) is 9.18 Å². The van der Waals surface area contributed by atoms with E-state index in [0.717, 1.165) is 37.2 Å². The number of morpholine rings is 1. The number of carbonyl (C=O) groups is 1. The fraction of sp³-hybridized carbons (Fsp3) is 0.533. The molecular weight excluding hydrogens is 339 g/mol. The van der Waals surface area contributed by atoms with Crippen molar-refractivity contribution in [3.05, 3.63) is 34.1 Å². The van der Waals surface area contributed by atoms with E-state index in [-0.39, 0.29) is 11.5 Å². The van der Waals surface area contributed by atoms with Crippen LogP contribution in [0.2, 0.25) is 0 Å². The number of nitrogens with zero attached hydrogens (tertiary/aromatic N) is 2. The highest BCUT2D eigenvalue weighted by atomic mass is 79.9. The minimum absolute atomic E-state index is 0.145. The summed E-state index contributed by atoms with van der Waals surface area (Å²) in [7, 11) is 0. The molecule has 1 unspecified atom stereocenters. The SMILES string of the molecule is O=C(c1cc(Br)ccc1F)N1CCC(N2CCOCC2)C1. The maximum Gasteiger partial charge on any atom is 0.256 e. The van der Waals surface area contributed by atoms with Gasteiger partial charge in [0.25, 0.3) is 5.91 Å². The predicted octanol–water partition coefficient (Wildman–Crippen LogP) is 2.13. The van der Waals surface area contributed by atoms with Gasteiger partial charge < -0.3 is 9.64 Å². The molecule has 114 valence electrons. The third-order valence-electron chi connectivity index (χ3n) is 4.17. The molecule has 2 heterocycles. The van der Waals surface area contributed by atoms with Crippen molar-refractivity contribution in [3.63, 3.8) is 0 Å². The van der Waals surface area contributed by atoms with Crippen LogP contribution in [0.1, 0.15) is 16.8 Å². The van der Waals surface area contributed by atoms with E-state index in [0.29, 0.717) is 19.1 Å². The Kier molecular flexibility index (Phi) is 4.57. The van der Waals surface area contributed by atoms with Crippen molar-refractivity contribution in [2.75, 3.05) is 39.4 Å². The molecule has 0 aliphatic carbocycles. The van der Waals surface area contributed by atoms with Gasteiger partial charge in [-0.15, -0.1) is 0 Å². The van der Waals surface area contributed by atoms with Crippen LogP contribution in [0, 0.1) is 5.82 Å². The predicted molar refractivity (Wildman–Crippen MR) is 80.8 cm³/mol. The van der Waals surface area contributed by atoms with Crippen molar-refractivity contribution in [1.82, 2.24) is 9.80 Å². The number of rotatable bonds is 2. The second-order valence-corrected chi connectivity index (χ2v) is 6.38. The molecule has 0 aromatic heterocycles. The van der Waals surface area contributed by atoms with E-state index in [1.807, 2.05) is 0 Å². The van der Waals surface area contributed by atoms with Crippen molar-refractivity contribution in [3.8, 4) is 0 Å². The zero-order chi connectivity index (χ0) is 14.8.